The molecule has 1 fully saturated rings. The van der Waals surface area contributed by atoms with E-state index in [0.29, 0.717) is 29.0 Å². The van der Waals surface area contributed by atoms with E-state index < -0.39 is 17.3 Å². The highest BCUT2D eigenvalue weighted by molar-refractivity contribution is 5.85. The monoisotopic (exact) mass is 386 g/mol. The molecular weight excluding hydrogens is 356 g/mol. The first-order chi connectivity index (χ1) is 13.2. The summed E-state index contributed by atoms with van der Waals surface area (Å²) >= 11 is 0. The Labute approximate surface area is 166 Å². The van der Waals surface area contributed by atoms with Gasteiger partial charge in [-0.3, -0.25) is 4.79 Å². The Kier molecular flexibility index (Phi) is 4.59. The van der Waals surface area contributed by atoms with Crippen LogP contribution in [-0.2, 0) is 6.61 Å². The summed E-state index contributed by atoms with van der Waals surface area (Å²) in [7, 11) is 0. The van der Waals surface area contributed by atoms with Crippen LogP contribution in [0.4, 0.5) is 0 Å². The number of aldehydes is 1. The third-order valence-electron chi connectivity index (χ3n) is 6.93. The molecule has 2 heterocycles. The minimum Gasteiger partial charge on any atom is -0.487 e. The summed E-state index contributed by atoms with van der Waals surface area (Å²) in [6.07, 6.45) is 5.83. The number of hydrogen-bond donors (Lipinski definition) is 2. The molecule has 0 radical (unpaired) electrons. The molecule has 5 atom stereocenters. The van der Waals surface area contributed by atoms with E-state index >= 15 is 0 Å². The van der Waals surface area contributed by atoms with Crippen LogP contribution in [0.1, 0.15) is 80.8 Å². The Bertz CT molecular complexity index is 836. The molecule has 1 saturated carbocycles. The van der Waals surface area contributed by atoms with Crippen LogP contribution in [0.25, 0.3) is 0 Å². The molecule has 2 aliphatic heterocycles. The highest BCUT2D eigenvalue weighted by Gasteiger charge is 2.61. The van der Waals surface area contributed by atoms with Crippen molar-refractivity contribution in [3.05, 3.63) is 34.4 Å². The number of aliphatic hydroxyl groups excluding tert-OH is 1. The van der Waals surface area contributed by atoms with Gasteiger partial charge in [0, 0.05) is 17.4 Å². The minimum absolute atomic E-state index is 0.00866. The first-order valence-electron chi connectivity index (χ1n) is 10.2. The largest absolute Gasteiger partial charge is 0.487 e. The van der Waals surface area contributed by atoms with Gasteiger partial charge in [0.2, 0.25) is 0 Å². The summed E-state index contributed by atoms with van der Waals surface area (Å²) in [5.74, 6) is 1.37. The molecule has 2 N–H and O–H groups in total. The predicted molar refractivity (Wildman–Crippen MR) is 106 cm³/mol. The van der Waals surface area contributed by atoms with Crippen LogP contribution in [0.2, 0.25) is 0 Å². The average molecular weight is 386 g/mol. The Balaban J connectivity index is 1.85. The van der Waals surface area contributed by atoms with Gasteiger partial charge in [0.25, 0.3) is 0 Å². The topological polar surface area (TPSA) is 76.0 Å². The summed E-state index contributed by atoms with van der Waals surface area (Å²) in [6, 6.07) is 1.78. The second-order valence-corrected chi connectivity index (χ2v) is 9.27. The van der Waals surface area contributed by atoms with Crippen molar-refractivity contribution in [2.24, 2.45) is 5.92 Å². The molecule has 3 aliphatic rings. The Morgan fingerprint density at radius 1 is 1.36 bits per heavy atom. The molecule has 0 spiro atoms. The number of hydrogen-bond acceptors (Lipinski definition) is 5. The standard InChI is InChI=1S/C23H30O5/c1-13(2)6-5-8-23(4)16-7-9-22(3,26)21-18(16)19-17(28-23)10-14(11-24)15(12-25)20(19)27-21/h6,10,12,16,18,21,24,26H,5,7-9,11H2,1-4H3. The lowest BCUT2D eigenvalue weighted by molar-refractivity contribution is -0.125. The van der Waals surface area contributed by atoms with E-state index in [1.54, 1.807) is 6.07 Å². The number of rotatable bonds is 5. The molecule has 0 bridgehead atoms. The quantitative estimate of drug-likeness (QED) is 0.593. The normalized spacial score (nSPS) is 34.9. The van der Waals surface area contributed by atoms with Crippen LogP contribution in [0.15, 0.2) is 17.7 Å². The summed E-state index contributed by atoms with van der Waals surface area (Å²) in [4.78, 5) is 11.8. The average Bonchev–Trinajstić information content (AvgIpc) is 3.02. The van der Waals surface area contributed by atoms with Crippen molar-refractivity contribution < 1.29 is 24.5 Å². The summed E-state index contributed by atoms with van der Waals surface area (Å²) in [6.45, 7) is 7.91. The highest BCUT2D eigenvalue weighted by atomic mass is 16.5. The van der Waals surface area contributed by atoms with Crippen molar-refractivity contribution in [2.45, 2.75) is 83.2 Å². The van der Waals surface area contributed by atoms with E-state index in [4.69, 9.17) is 9.47 Å². The first-order valence-corrected chi connectivity index (χ1v) is 10.2. The Morgan fingerprint density at radius 2 is 2.11 bits per heavy atom. The maximum Gasteiger partial charge on any atom is 0.154 e. The molecule has 1 aromatic carbocycles. The van der Waals surface area contributed by atoms with Gasteiger partial charge in [-0.15, -0.1) is 0 Å². The molecule has 5 nitrogen and oxygen atoms in total. The lowest BCUT2D eigenvalue weighted by atomic mass is 9.61. The van der Waals surface area contributed by atoms with Gasteiger partial charge in [-0.05, 0) is 65.0 Å². The fraction of sp³-hybridized carbons (Fsp3) is 0.609. The van der Waals surface area contributed by atoms with E-state index in [1.807, 2.05) is 6.92 Å². The zero-order valence-electron chi connectivity index (χ0n) is 17.1. The minimum atomic E-state index is -0.963. The van der Waals surface area contributed by atoms with Gasteiger partial charge in [0.15, 0.2) is 6.29 Å². The van der Waals surface area contributed by atoms with Crippen molar-refractivity contribution in [3.8, 4) is 11.5 Å². The summed E-state index contributed by atoms with van der Waals surface area (Å²) in [5, 5.41) is 20.8. The van der Waals surface area contributed by atoms with Crippen LogP contribution in [0, 0.1) is 5.92 Å². The van der Waals surface area contributed by atoms with E-state index in [0.717, 1.165) is 31.1 Å². The fourth-order valence-corrected chi connectivity index (χ4v) is 5.45. The molecule has 1 aliphatic carbocycles. The van der Waals surface area contributed by atoms with E-state index in [-0.39, 0.29) is 18.4 Å². The maximum atomic E-state index is 11.8. The van der Waals surface area contributed by atoms with Crippen LogP contribution >= 0.6 is 0 Å². The van der Waals surface area contributed by atoms with Gasteiger partial charge in [-0.2, -0.15) is 0 Å². The highest BCUT2D eigenvalue weighted by Crippen LogP contribution is 2.62. The molecular formula is C23H30O5. The van der Waals surface area contributed by atoms with Crippen LogP contribution in [0.3, 0.4) is 0 Å². The molecule has 28 heavy (non-hydrogen) atoms. The van der Waals surface area contributed by atoms with Crippen molar-refractivity contribution in [2.75, 3.05) is 0 Å². The molecule has 0 amide bonds. The van der Waals surface area contributed by atoms with Crippen molar-refractivity contribution >= 4 is 6.29 Å². The van der Waals surface area contributed by atoms with E-state index in [9.17, 15) is 15.0 Å². The van der Waals surface area contributed by atoms with Gasteiger partial charge < -0.3 is 19.7 Å². The molecule has 5 heteroatoms. The van der Waals surface area contributed by atoms with E-state index in [1.165, 1.54) is 5.57 Å². The fourth-order valence-electron chi connectivity index (χ4n) is 5.45. The Morgan fingerprint density at radius 3 is 2.75 bits per heavy atom. The molecule has 0 saturated heterocycles. The molecule has 152 valence electrons. The molecule has 5 unspecified atom stereocenters. The van der Waals surface area contributed by atoms with Gasteiger partial charge in [0.1, 0.15) is 23.2 Å². The lowest BCUT2D eigenvalue weighted by Gasteiger charge is -2.51. The number of aliphatic hydroxyl groups is 2. The van der Waals surface area contributed by atoms with Crippen LogP contribution in [0.5, 0.6) is 11.5 Å². The van der Waals surface area contributed by atoms with Crippen molar-refractivity contribution in [1.29, 1.82) is 0 Å². The summed E-state index contributed by atoms with van der Waals surface area (Å²) < 4.78 is 12.8. The molecule has 0 aromatic heterocycles. The predicted octanol–water partition coefficient (Wildman–Crippen LogP) is 3.89. The number of carbonyl (C=O) groups excluding carboxylic acids is 1. The summed E-state index contributed by atoms with van der Waals surface area (Å²) in [5.41, 5.74) is 1.71. The second-order valence-electron chi connectivity index (χ2n) is 9.27. The number of ether oxygens (including phenoxy) is 2. The smallest absolute Gasteiger partial charge is 0.154 e. The van der Waals surface area contributed by atoms with Gasteiger partial charge >= 0.3 is 0 Å². The second kappa shape index (κ2) is 6.60. The third-order valence-corrected chi connectivity index (χ3v) is 6.93. The van der Waals surface area contributed by atoms with Gasteiger partial charge in [-0.25, -0.2) is 0 Å². The molecule has 4 rings (SSSR count). The Hall–Kier alpha value is -1.85. The lowest BCUT2D eigenvalue weighted by Crippen LogP contribution is -2.57. The number of benzene rings is 1. The number of allylic oxidation sites excluding steroid dienone is 2. The van der Waals surface area contributed by atoms with Crippen molar-refractivity contribution in [1.82, 2.24) is 0 Å². The SMILES string of the molecule is CC(C)=CCCC1(C)Oc2cc(CO)c(C=O)c3c2C2C(O3)C(C)(O)CCC21. The maximum absolute atomic E-state index is 11.8. The van der Waals surface area contributed by atoms with Gasteiger partial charge in [0.05, 0.1) is 17.8 Å². The zero-order chi connectivity index (χ0) is 20.3. The zero-order valence-corrected chi connectivity index (χ0v) is 17.1. The van der Waals surface area contributed by atoms with E-state index in [2.05, 4.69) is 26.8 Å². The molecule has 1 aromatic rings. The van der Waals surface area contributed by atoms with Crippen LogP contribution < -0.4 is 9.47 Å². The van der Waals surface area contributed by atoms with Crippen LogP contribution in [-0.4, -0.2) is 33.8 Å². The third kappa shape index (κ3) is 2.79. The first kappa shape index (κ1) is 19.5. The van der Waals surface area contributed by atoms with Crippen molar-refractivity contribution in [3.63, 3.8) is 0 Å². The van der Waals surface area contributed by atoms with Gasteiger partial charge in [-0.1, -0.05) is 11.6 Å². The number of carbonyl (C=O) groups is 1.